The number of benzene rings is 1. The molecule has 0 saturated carbocycles. The fourth-order valence-electron chi connectivity index (χ4n) is 3.34. The van der Waals surface area contributed by atoms with E-state index in [9.17, 15) is 4.79 Å². The van der Waals surface area contributed by atoms with Gasteiger partial charge in [0.1, 0.15) is 5.82 Å². The standard InChI is InChI=1S/C19H25N3OS/c1-13-17(15-9-5-4-6-10-15)21-18(20-13)16-11-7-8-12-22(16)19(23)14(2)24-3/h4-6,9-10,14,16H,7-8,11-12H2,1-3H3,(H,20,21). The molecular weight excluding hydrogens is 318 g/mol. The third kappa shape index (κ3) is 3.36. The van der Waals surface area contributed by atoms with E-state index in [0.29, 0.717) is 0 Å². The molecule has 24 heavy (non-hydrogen) atoms. The van der Waals surface area contributed by atoms with Gasteiger partial charge in [0.25, 0.3) is 0 Å². The third-order valence-corrected chi connectivity index (χ3v) is 5.68. The Labute approximate surface area is 148 Å². The highest BCUT2D eigenvalue weighted by atomic mass is 32.2. The number of rotatable bonds is 4. The van der Waals surface area contributed by atoms with Gasteiger partial charge in [-0.3, -0.25) is 4.79 Å². The van der Waals surface area contributed by atoms with Crippen molar-refractivity contribution in [2.45, 2.75) is 44.4 Å². The second-order valence-corrected chi connectivity index (χ2v) is 7.55. The molecule has 2 unspecified atom stereocenters. The summed E-state index contributed by atoms with van der Waals surface area (Å²) in [7, 11) is 0. The average molecular weight is 343 g/mol. The van der Waals surface area contributed by atoms with Crippen LogP contribution in [0.15, 0.2) is 30.3 Å². The van der Waals surface area contributed by atoms with Crippen molar-refractivity contribution in [3.05, 3.63) is 41.9 Å². The van der Waals surface area contributed by atoms with Gasteiger partial charge in [-0.1, -0.05) is 30.3 Å². The van der Waals surface area contributed by atoms with Crippen LogP contribution in [-0.2, 0) is 4.79 Å². The molecule has 5 heteroatoms. The van der Waals surface area contributed by atoms with E-state index in [1.165, 1.54) is 0 Å². The van der Waals surface area contributed by atoms with Crippen molar-refractivity contribution in [2.75, 3.05) is 12.8 Å². The molecule has 0 radical (unpaired) electrons. The van der Waals surface area contributed by atoms with E-state index in [1.54, 1.807) is 11.8 Å². The molecule has 3 rings (SSSR count). The van der Waals surface area contributed by atoms with Crippen molar-refractivity contribution in [3.63, 3.8) is 0 Å². The minimum Gasteiger partial charge on any atom is -0.340 e. The summed E-state index contributed by atoms with van der Waals surface area (Å²) in [6.07, 6.45) is 5.19. The van der Waals surface area contributed by atoms with Gasteiger partial charge in [-0.25, -0.2) is 4.98 Å². The SMILES string of the molecule is CSC(C)C(=O)N1CCCCC1c1nc(C)c(-c2ccccc2)[nH]1. The number of nitrogens with zero attached hydrogens (tertiary/aromatic N) is 2. The van der Waals surface area contributed by atoms with Crippen LogP contribution < -0.4 is 0 Å². The topological polar surface area (TPSA) is 49.0 Å². The van der Waals surface area contributed by atoms with Crippen molar-refractivity contribution in [1.82, 2.24) is 14.9 Å². The summed E-state index contributed by atoms with van der Waals surface area (Å²) in [6.45, 7) is 4.85. The van der Waals surface area contributed by atoms with Gasteiger partial charge in [0.2, 0.25) is 5.91 Å². The molecule has 0 bridgehead atoms. The first-order chi connectivity index (χ1) is 11.6. The van der Waals surface area contributed by atoms with E-state index < -0.39 is 0 Å². The predicted molar refractivity (Wildman–Crippen MR) is 100 cm³/mol. The van der Waals surface area contributed by atoms with E-state index in [0.717, 1.165) is 48.6 Å². The Bertz CT molecular complexity index is 698. The molecule has 1 saturated heterocycles. The van der Waals surface area contributed by atoms with Crippen molar-refractivity contribution in [3.8, 4) is 11.3 Å². The second-order valence-electron chi connectivity index (χ2n) is 6.37. The quantitative estimate of drug-likeness (QED) is 0.905. The van der Waals surface area contributed by atoms with Crippen molar-refractivity contribution in [2.24, 2.45) is 0 Å². The van der Waals surface area contributed by atoms with Gasteiger partial charge in [0.05, 0.1) is 22.7 Å². The zero-order valence-electron chi connectivity index (χ0n) is 14.6. The van der Waals surface area contributed by atoms with Crippen molar-refractivity contribution in [1.29, 1.82) is 0 Å². The van der Waals surface area contributed by atoms with Crippen LogP contribution in [-0.4, -0.2) is 38.8 Å². The lowest BCUT2D eigenvalue weighted by molar-refractivity contribution is -0.134. The summed E-state index contributed by atoms with van der Waals surface area (Å²) in [5, 5.41) is -0.00440. The maximum atomic E-state index is 12.7. The van der Waals surface area contributed by atoms with Gasteiger partial charge < -0.3 is 9.88 Å². The number of amides is 1. The predicted octanol–water partition coefficient (Wildman–Crippen LogP) is 4.19. The summed E-state index contributed by atoms with van der Waals surface area (Å²) in [6, 6.07) is 10.3. The highest BCUT2D eigenvalue weighted by Gasteiger charge is 2.32. The molecule has 0 spiro atoms. The molecule has 1 fully saturated rings. The summed E-state index contributed by atoms with van der Waals surface area (Å²) < 4.78 is 0. The van der Waals surface area contributed by atoms with Crippen LogP contribution in [0.4, 0.5) is 0 Å². The summed E-state index contributed by atoms with van der Waals surface area (Å²) >= 11 is 1.61. The number of hydrogen-bond donors (Lipinski definition) is 1. The average Bonchev–Trinajstić information content (AvgIpc) is 3.02. The molecule has 1 amide bonds. The van der Waals surface area contributed by atoms with Gasteiger partial charge in [-0.05, 0) is 44.9 Å². The summed E-state index contributed by atoms with van der Waals surface area (Å²) in [5.41, 5.74) is 3.19. The first-order valence-electron chi connectivity index (χ1n) is 8.57. The summed E-state index contributed by atoms with van der Waals surface area (Å²) in [5.74, 6) is 1.15. The Morgan fingerprint density at radius 3 is 2.79 bits per heavy atom. The molecule has 1 aromatic carbocycles. The van der Waals surface area contributed by atoms with E-state index >= 15 is 0 Å². The number of thioether (sulfide) groups is 1. The number of aromatic nitrogens is 2. The van der Waals surface area contributed by atoms with Crippen molar-refractivity contribution >= 4 is 17.7 Å². The number of carbonyl (C=O) groups is 1. The van der Waals surface area contributed by atoms with Gasteiger partial charge in [-0.15, -0.1) is 0 Å². The molecule has 1 aromatic heterocycles. The Morgan fingerprint density at radius 1 is 1.33 bits per heavy atom. The number of aryl methyl sites for hydroxylation is 1. The summed E-state index contributed by atoms with van der Waals surface area (Å²) in [4.78, 5) is 23.0. The first kappa shape index (κ1) is 17.1. The number of piperidine rings is 1. The molecule has 2 aromatic rings. The van der Waals surface area contributed by atoms with Gasteiger partial charge in [-0.2, -0.15) is 11.8 Å². The molecule has 128 valence electrons. The van der Waals surface area contributed by atoms with Crippen LogP contribution in [0.1, 0.15) is 43.7 Å². The number of likely N-dealkylation sites (tertiary alicyclic amines) is 1. The molecule has 4 nitrogen and oxygen atoms in total. The molecular formula is C19H25N3OS. The van der Waals surface area contributed by atoms with E-state index in [-0.39, 0.29) is 17.2 Å². The Balaban J connectivity index is 1.90. The van der Waals surface area contributed by atoms with E-state index in [2.05, 4.69) is 17.1 Å². The number of carbonyl (C=O) groups excluding carboxylic acids is 1. The maximum Gasteiger partial charge on any atom is 0.236 e. The minimum absolute atomic E-state index is 0.00440. The van der Waals surface area contributed by atoms with Crippen LogP contribution in [0.5, 0.6) is 0 Å². The Morgan fingerprint density at radius 2 is 2.08 bits per heavy atom. The molecule has 1 aliphatic rings. The number of nitrogens with one attached hydrogen (secondary N) is 1. The van der Waals surface area contributed by atoms with Gasteiger partial charge in [0, 0.05) is 6.54 Å². The second kappa shape index (κ2) is 7.43. The lowest BCUT2D eigenvalue weighted by Gasteiger charge is -2.36. The van der Waals surface area contributed by atoms with Crippen molar-refractivity contribution < 1.29 is 4.79 Å². The largest absolute Gasteiger partial charge is 0.340 e. The van der Waals surface area contributed by atoms with Crippen LogP contribution >= 0.6 is 11.8 Å². The zero-order valence-corrected chi connectivity index (χ0v) is 15.4. The number of imidazole rings is 1. The zero-order chi connectivity index (χ0) is 17.1. The first-order valence-corrected chi connectivity index (χ1v) is 9.85. The van der Waals surface area contributed by atoms with Gasteiger partial charge >= 0.3 is 0 Å². The van der Waals surface area contributed by atoms with Crippen LogP contribution in [0, 0.1) is 6.92 Å². The molecule has 1 aliphatic heterocycles. The normalized spacial score (nSPS) is 19.3. The monoisotopic (exact) mass is 343 g/mol. The van der Waals surface area contributed by atoms with Gasteiger partial charge in [0.15, 0.2) is 0 Å². The lowest BCUT2D eigenvalue weighted by atomic mass is 10.0. The van der Waals surface area contributed by atoms with Crippen LogP contribution in [0.3, 0.4) is 0 Å². The molecule has 2 atom stereocenters. The fourth-order valence-corrected chi connectivity index (χ4v) is 3.68. The maximum absolute atomic E-state index is 12.7. The third-order valence-electron chi connectivity index (χ3n) is 4.77. The lowest BCUT2D eigenvalue weighted by Crippen LogP contribution is -2.42. The Hall–Kier alpha value is -1.75. The number of H-pyrrole nitrogens is 1. The molecule has 0 aliphatic carbocycles. The van der Waals surface area contributed by atoms with Crippen LogP contribution in [0.2, 0.25) is 0 Å². The van der Waals surface area contributed by atoms with E-state index in [4.69, 9.17) is 4.98 Å². The number of aromatic amines is 1. The molecule has 1 N–H and O–H groups in total. The minimum atomic E-state index is -0.00440. The Kier molecular flexibility index (Phi) is 5.29. The van der Waals surface area contributed by atoms with E-state index in [1.807, 2.05) is 43.2 Å². The highest BCUT2D eigenvalue weighted by molar-refractivity contribution is 7.99. The van der Waals surface area contributed by atoms with Crippen LogP contribution in [0.25, 0.3) is 11.3 Å². The highest BCUT2D eigenvalue weighted by Crippen LogP contribution is 2.33. The smallest absolute Gasteiger partial charge is 0.236 e. The molecule has 2 heterocycles. The fraction of sp³-hybridized carbons (Fsp3) is 0.474. The number of hydrogen-bond acceptors (Lipinski definition) is 3.